The second-order valence-corrected chi connectivity index (χ2v) is 8.96. The van der Waals surface area contributed by atoms with Crippen LogP contribution in [0.4, 0.5) is 9.18 Å². The molecule has 0 radical (unpaired) electrons. The Morgan fingerprint density at radius 2 is 1.70 bits per heavy atom. The highest BCUT2D eigenvalue weighted by atomic mass is 19.1. The maximum atomic E-state index is 13.9. The molecule has 37 heavy (non-hydrogen) atoms. The first-order valence-electron chi connectivity index (χ1n) is 12.2. The number of ether oxygens (including phenoxy) is 3. The summed E-state index contributed by atoms with van der Waals surface area (Å²) >= 11 is 0. The zero-order valence-electron chi connectivity index (χ0n) is 21.0. The van der Waals surface area contributed by atoms with Crippen molar-refractivity contribution in [3.63, 3.8) is 0 Å². The van der Waals surface area contributed by atoms with Gasteiger partial charge < -0.3 is 19.5 Å². The number of amides is 2. The average Bonchev–Trinajstić information content (AvgIpc) is 3.32. The number of benzene rings is 3. The van der Waals surface area contributed by atoms with E-state index in [0.717, 1.165) is 11.1 Å². The van der Waals surface area contributed by atoms with E-state index in [-0.39, 0.29) is 31.5 Å². The van der Waals surface area contributed by atoms with Crippen LogP contribution < -0.4 is 10.1 Å². The molecule has 1 aliphatic heterocycles. The standard InChI is InChI=1S/C29H31FN2O5/c1-31-27(33)29(20-35-2)17-16-26(32(29)28(34)37-18-21-8-4-3-5-9-21)22-12-14-24(15-13-22)36-19-23-10-6-7-11-25(23)30/h3-15,26H,16-20H2,1-2H3,(H,31,33)/t26-,29-/m1/s1. The molecule has 0 aliphatic carbocycles. The van der Waals surface area contributed by atoms with Crippen LogP contribution in [0, 0.1) is 5.82 Å². The zero-order valence-corrected chi connectivity index (χ0v) is 21.0. The van der Waals surface area contributed by atoms with E-state index in [1.165, 1.54) is 18.1 Å². The molecular formula is C29H31FN2O5. The highest BCUT2D eigenvalue weighted by molar-refractivity contribution is 5.91. The largest absolute Gasteiger partial charge is 0.489 e. The Balaban J connectivity index is 1.55. The summed E-state index contributed by atoms with van der Waals surface area (Å²) in [7, 11) is 3.05. The van der Waals surface area contributed by atoms with Crippen molar-refractivity contribution < 1.29 is 28.2 Å². The van der Waals surface area contributed by atoms with Crippen molar-refractivity contribution in [2.75, 3.05) is 20.8 Å². The number of likely N-dealkylation sites (N-methyl/N-ethyl adjacent to an activating group) is 1. The molecule has 0 aromatic heterocycles. The van der Waals surface area contributed by atoms with Crippen molar-refractivity contribution >= 4 is 12.0 Å². The molecule has 1 heterocycles. The van der Waals surface area contributed by atoms with Crippen LogP contribution in [0.2, 0.25) is 0 Å². The van der Waals surface area contributed by atoms with Gasteiger partial charge in [-0.05, 0) is 42.2 Å². The summed E-state index contributed by atoms with van der Waals surface area (Å²) in [4.78, 5) is 28.1. The van der Waals surface area contributed by atoms with Crippen LogP contribution in [-0.4, -0.2) is 43.2 Å². The van der Waals surface area contributed by atoms with E-state index in [2.05, 4.69) is 5.32 Å². The third kappa shape index (κ3) is 5.75. The SMILES string of the molecule is CNC(=O)[C@]1(COC)CC[C@H](c2ccc(OCc3ccccc3F)cc2)N1C(=O)OCc1ccccc1. The first kappa shape index (κ1) is 26.2. The Bertz CT molecular complexity index is 1200. The quantitative estimate of drug-likeness (QED) is 0.442. The number of carbonyl (C=O) groups excluding carboxylic acids is 2. The predicted molar refractivity (Wildman–Crippen MR) is 136 cm³/mol. The lowest BCUT2D eigenvalue weighted by Gasteiger charge is -2.38. The third-order valence-electron chi connectivity index (χ3n) is 6.66. The van der Waals surface area contributed by atoms with Gasteiger partial charge in [-0.3, -0.25) is 9.69 Å². The summed E-state index contributed by atoms with van der Waals surface area (Å²) < 4.78 is 30.8. The van der Waals surface area contributed by atoms with E-state index in [1.54, 1.807) is 37.4 Å². The molecule has 4 rings (SSSR count). The minimum atomic E-state index is -1.21. The van der Waals surface area contributed by atoms with Gasteiger partial charge in [-0.2, -0.15) is 0 Å². The maximum absolute atomic E-state index is 13.9. The minimum absolute atomic E-state index is 0.0352. The number of nitrogens with one attached hydrogen (secondary N) is 1. The molecule has 1 aliphatic rings. The van der Waals surface area contributed by atoms with Crippen LogP contribution in [0.25, 0.3) is 0 Å². The molecule has 0 spiro atoms. The van der Waals surface area contributed by atoms with Gasteiger partial charge in [0.1, 0.15) is 30.3 Å². The predicted octanol–water partition coefficient (Wildman–Crippen LogP) is 5.01. The summed E-state index contributed by atoms with van der Waals surface area (Å²) in [6.45, 7) is 0.219. The fourth-order valence-corrected chi connectivity index (χ4v) is 4.79. The van der Waals surface area contributed by atoms with E-state index in [0.29, 0.717) is 24.2 Å². The summed E-state index contributed by atoms with van der Waals surface area (Å²) in [5.74, 6) is -0.0607. The second-order valence-electron chi connectivity index (χ2n) is 8.96. The Labute approximate surface area is 216 Å². The lowest BCUT2D eigenvalue weighted by molar-refractivity contribution is -0.134. The van der Waals surface area contributed by atoms with Gasteiger partial charge in [0.05, 0.1) is 12.6 Å². The lowest BCUT2D eigenvalue weighted by Crippen LogP contribution is -2.60. The van der Waals surface area contributed by atoms with Crippen molar-refractivity contribution in [3.05, 3.63) is 101 Å². The number of hydrogen-bond acceptors (Lipinski definition) is 5. The van der Waals surface area contributed by atoms with E-state index < -0.39 is 17.7 Å². The summed E-state index contributed by atoms with van der Waals surface area (Å²) in [6.07, 6.45) is 0.371. The smallest absolute Gasteiger partial charge is 0.411 e. The molecule has 194 valence electrons. The van der Waals surface area contributed by atoms with Gasteiger partial charge in [0.15, 0.2) is 0 Å². The Morgan fingerprint density at radius 3 is 2.38 bits per heavy atom. The van der Waals surface area contributed by atoms with Gasteiger partial charge in [-0.15, -0.1) is 0 Å². The second kappa shape index (κ2) is 11.9. The van der Waals surface area contributed by atoms with Crippen molar-refractivity contribution in [2.45, 2.75) is 37.6 Å². The number of nitrogens with zero attached hydrogens (tertiary/aromatic N) is 1. The minimum Gasteiger partial charge on any atom is -0.489 e. The normalized spacial score (nSPS) is 18.9. The van der Waals surface area contributed by atoms with Crippen LogP contribution in [0.3, 0.4) is 0 Å². The van der Waals surface area contributed by atoms with Gasteiger partial charge in [0, 0.05) is 19.7 Å². The Hall–Kier alpha value is -3.91. The molecule has 1 saturated heterocycles. The molecular weight excluding hydrogens is 475 g/mol. The fraction of sp³-hybridized carbons (Fsp3) is 0.310. The van der Waals surface area contributed by atoms with E-state index in [9.17, 15) is 14.0 Å². The van der Waals surface area contributed by atoms with Crippen molar-refractivity contribution in [2.24, 2.45) is 0 Å². The number of rotatable bonds is 9. The topological polar surface area (TPSA) is 77.1 Å². The highest BCUT2D eigenvalue weighted by Gasteiger charge is 2.55. The van der Waals surface area contributed by atoms with Gasteiger partial charge in [0.2, 0.25) is 5.91 Å². The summed E-state index contributed by atoms with van der Waals surface area (Å²) in [5.41, 5.74) is 0.934. The average molecular weight is 507 g/mol. The molecule has 1 fully saturated rings. The molecule has 2 atom stereocenters. The fourth-order valence-electron chi connectivity index (χ4n) is 4.79. The molecule has 3 aromatic rings. The number of halogens is 1. The molecule has 8 heteroatoms. The number of likely N-dealkylation sites (tertiary alicyclic amines) is 1. The van der Waals surface area contributed by atoms with Gasteiger partial charge in [0.25, 0.3) is 0 Å². The summed E-state index contributed by atoms with van der Waals surface area (Å²) in [5, 5.41) is 2.69. The molecule has 3 aromatic carbocycles. The molecule has 7 nitrogen and oxygen atoms in total. The first-order chi connectivity index (χ1) is 18.0. The monoisotopic (exact) mass is 506 g/mol. The molecule has 0 bridgehead atoms. The first-order valence-corrected chi connectivity index (χ1v) is 12.2. The van der Waals surface area contributed by atoms with Gasteiger partial charge >= 0.3 is 6.09 Å². The molecule has 2 amide bonds. The number of methoxy groups -OCH3 is 1. The number of carbonyl (C=O) groups is 2. The van der Waals surface area contributed by atoms with Crippen LogP contribution in [0.5, 0.6) is 5.75 Å². The van der Waals surface area contributed by atoms with Crippen LogP contribution in [0.15, 0.2) is 78.9 Å². The van der Waals surface area contributed by atoms with Gasteiger partial charge in [-0.25, -0.2) is 9.18 Å². The van der Waals surface area contributed by atoms with E-state index >= 15 is 0 Å². The number of hydrogen-bond donors (Lipinski definition) is 1. The Morgan fingerprint density at radius 1 is 1.00 bits per heavy atom. The van der Waals surface area contributed by atoms with E-state index in [1.807, 2.05) is 42.5 Å². The third-order valence-corrected chi connectivity index (χ3v) is 6.66. The van der Waals surface area contributed by atoms with Crippen LogP contribution in [0.1, 0.15) is 35.6 Å². The molecule has 0 saturated carbocycles. The van der Waals surface area contributed by atoms with Crippen LogP contribution in [-0.2, 0) is 27.5 Å². The van der Waals surface area contributed by atoms with Gasteiger partial charge in [-0.1, -0.05) is 60.7 Å². The van der Waals surface area contributed by atoms with E-state index in [4.69, 9.17) is 14.2 Å². The molecule has 1 N–H and O–H groups in total. The van der Waals surface area contributed by atoms with Crippen molar-refractivity contribution in [3.8, 4) is 5.75 Å². The van der Waals surface area contributed by atoms with Crippen molar-refractivity contribution in [1.82, 2.24) is 10.2 Å². The zero-order chi connectivity index (χ0) is 26.3. The van der Waals surface area contributed by atoms with Crippen molar-refractivity contribution in [1.29, 1.82) is 0 Å². The van der Waals surface area contributed by atoms with Crippen LogP contribution >= 0.6 is 0 Å². The Kier molecular flexibility index (Phi) is 8.40. The maximum Gasteiger partial charge on any atom is 0.411 e. The lowest BCUT2D eigenvalue weighted by atomic mass is 9.96. The highest BCUT2D eigenvalue weighted by Crippen LogP contribution is 2.44. The summed E-state index contributed by atoms with van der Waals surface area (Å²) in [6, 6.07) is 22.7. The molecule has 0 unspecified atom stereocenters.